The second-order valence-corrected chi connectivity index (χ2v) is 6.72. The molecule has 0 aliphatic rings. The van der Waals surface area contributed by atoms with Crippen molar-refractivity contribution < 1.29 is 13.3 Å². The molecule has 0 aliphatic carbocycles. The molecule has 0 heterocycles. The van der Waals surface area contributed by atoms with E-state index in [1.165, 1.54) is 0 Å². The fraction of sp³-hybridized carbons (Fsp3) is 0.467. The first-order valence-corrected chi connectivity index (χ1v) is 8.63. The zero-order chi connectivity index (χ0) is 14.1. The third-order valence-corrected chi connectivity index (χ3v) is 6.22. The van der Waals surface area contributed by atoms with Crippen LogP contribution in [0, 0.1) is 0 Å². The molecule has 1 atom stereocenters. The molecule has 0 fully saturated rings. The largest absolute Gasteiger partial charge is 0.512 e. The lowest BCUT2D eigenvalue weighted by Gasteiger charge is -2.34. The van der Waals surface area contributed by atoms with Gasteiger partial charge in [0.15, 0.2) is 0 Å². The van der Waals surface area contributed by atoms with E-state index < -0.39 is 8.80 Å². The molecule has 1 aromatic carbocycles. The molecule has 0 bridgehead atoms. The summed E-state index contributed by atoms with van der Waals surface area (Å²) < 4.78 is 17.8. The summed E-state index contributed by atoms with van der Waals surface area (Å²) in [5.41, 5.74) is 1.09. The van der Waals surface area contributed by atoms with E-state index in [1.54, 1.807) is 0 Å². The predicted octanol–water partition coefficient (Wildman–Crippen LogP) is 3.54. The van der Waals surface area contributed by atoms with E-state index in [1.807, 2.05) is 45.0 Å². The number of benzene rings is 1. The monoisotopic (exact) mass is 280 g/mol. The molecule has 0 aliphatic heterocycles. The van der Waals surface area contributed by atoms with Gasteiger partial charge in [-0.25, -0.2) is 0 Å². The van der Waals surface area contributed by atoms with Crippen LogP contribution in [-0.4, -0.2) is 28.6 Å². The van der Waals surface area contributed by atoms with Crippen molar-refractivity contribution >= 4 is 8.80 Å². The average Bonchev–Trinajstić information content (AvgIpc) is 2.41. The number of hydrogen-bond acceptors (Lipinski definition) is 3. The van der Waals surface area contributed by atoms with Gasteiger partial charge in [0.05, 0.1) is 5.54 Å². The Bertz CT molecular complexity index is 350. The van der Waals surface area contributed by atoms with Gasteiger partial charge in [-0.2, -0.15) is 0 Å². The molecule has 0 aromatic heterocycles. The first kappa shape index (κ1) is 16.1. The van der Waals surface area contributed by atoms with Gasteiger partial charge in [0.2, 0.25) is 0 Å². The minimum absolute atomic E-state index is 0.0337. The second kappa shape index (κ2) is 8.27. The van der Waals surface area contributed by atoms with E-state index >= 15 is 0 Å². The van der Waals surface area contributed by atoms with Crippen LogP contribution in [0.4, 0.5) is 0 Å². The normalized spacial score (nSPS) is 13.2. The SMILES string of the molecule is C=CC(c1ccccc1)[Si](OCC)(OCC)OCC. The fourth-order valence-electron chi connectivity index (χ4n) is 2.14. The van der Waals surface area contributed by atoms with E-state index in [2.05, 4.69) is 18.7 Å². The first-order chi connectivity index (χ1) is 9.24. The first-order valence-electron chi connectivity index (χ1n) is 6.83. The van der Waals surface area contributed by atoms with Crippen LogP contribution < -0.4 is 0 Å². The van der Waals surface area contributed by atoms with E-state index in [9.17, 15) is 0 Å². The Morgan fingerprint density at radius 3 is 1.84 bits per heavy atom. The van der Waals surface area contributed by atoms with Crippen molar-refractivity contribution in [2.45, 2.75) is 26.3 Å². The quantitative estimate of drug-likeness (QED) is 0.511. The molecule has 3 nitrogen and oxygen atoms in total. The summed E-state index contributed by atoms with van der Waals surface area (Å²) in [6.45, 7) is 11.6. The molecule has 4 heteroatoms. The van der Waals surface area contributed by atoms with Gasteiger partial charge in [-0.05, 0) is 26.3 Å². The summed E-state index contributed by atoms with van der Waals surface area (Å²) in [5, 5.41) is 0. The number of hydrogen-bond donors (Lipinski definition) is 0. The Labute approximate surface area is 117 Å². The van der Waals surface area contributed by atoms with Gasteiger partial charge >= 0.3 is 8.80 Å². The molecular formula is C15H24O3Si. The molecule has 0 spiro atoms. The van der Waals surface area contributed by atoms with Crippen LogP contribution in [-0.2, 0) is 13.3 Å². The third-order valence-electron chi connectivity index (χ3n) is 2.81. The zero-order valence-electron chi connectivity index (χ0n) is 12.1. The summed E-state index contributed by atoms with van der Waals surface area (Å²) in [5.74, 6) is 0. The Kier molecular flexibility index (Phi) is 7.01. The maximum Gasteiger partial charge on any atom is 0.512 e. The van der Waals surface area contributed by atoms with E-state index in [4.69, 9.17) is 13.3 Å². The lowest BCUT2D eigenvalue weighted by Crippen LogP contribution is -2.51. The standard InChI is InChI=1S/C15H24O3Si/c1-5-15(14-12-10-9-11-13-14)19(16-6-2,17-7-3)18-8-4/h5,9-13,15H,1,6-8H2,2-4H3. The molecule has 19 heavy (non-hydrogen) atoms. The van der Waals surface area contributed by atoms with Gasteiger partial charge in [-0.3, -0.25) is 0 Å². The maximum absolute atomic E-state index is 5.94. The van der Waals surface area contributed by atoms with Crippen molar-refractivity contribution in [1.29, 1.82) is 0 Å². The Morgan fingerprint density at radius 2 is 1.47 bits per heavy atom. The van der Waals surface area contributed by atoms with Crippen molar-refractivity contribution in [2.75, 3.05) is 19.8 Å². The number of rotatable bonds is 9. The van der Waals surface area contributed by atoms with Crippen LogP contribution in [0.5, 0.6) is 0 Å². The zero-order valence-corrected chi connectivity index (χ0v) is 13.1. The van der Waals surface area contributed by atoms with Crippen molar-refractivity contribution in [2.24, 2.45) is 0 Å². The van der Waals surface area contributed by atoms with E-state index in [-0.39, 0.29) is 5.54 Å². The van der Waals surface area contributed by atoms with Gasteiger partial charge in [-0.15, -0.1) is 6.58 Å². The lowest BCUT2D eigenvalue weighted by atomic mass is 10.1. The molecule has 0 saturated heterocycles. The minimum Gasteiger partial charge on any atom is -0.373 e. The van der Waals surface area contributed by atoms with Gasteiger partial charge in [-0.1, -0.05) is 36.4 Å². The van der Waals surface area contributed by atoms with Crippen LogP contribution in [0.3, 0.4) is 0 Å². The van der Waals surface area contributed by atoms with Crippen LogP contribution in [0.25, 0.3) is 0 Å². The van der Waals surface area contributed by atoms with Crippen LogP contribution in [0.2, 0.25) is 0 Å². The van der Waals surface area contributed by atoms with Crippen molar-refractivity contribution in [1.82, 2.24) is 0 Å². The summed E-state index contributed by atoms with van der Waals surface area (Å²) in [4.78, 5) is 0. The maximum atomic E-state index is 5.94. The molecule has 1 unspecified atom stereocenters. The fourth-order valence-corrected chi connectivity index (χ4v) is 5.03. The number of allylic oxidation sites excluding steroid dienone is 1. The second-order valence-electron chi connectivity index (χ2n) is 4.03. The lowest BCUT2D eigenvalue weighted by molar-refractivity contribution is 0.0660. The molecule has 0 radical (unpaired) electrons. The molecule has 106 valence electrons. The topological polar surface area (TPSA) is 27.7 Å². The average molecular weight is 280 g/mol. The highest BCUT2D eigenvalue weighted by Gasteiger charge is 2.48. The summed E-state index contributed by atoms with van der Waals surface area (Å²) in [6, 6.07) is 10.1. The van der Waals surface area contributed by atoms with Gasteiger partial charge in [0.1, 0.15) is 0 Å². The summed E-state index contributed by atoms with van der Waals surface area (Å²) in [6.07, 6.45) is 1.88. The summed E-state index contributed by atoms with van der Waals surface area (Å²) in [7, 11) is -2.78. The molecule has 1 rings (SSSR count). The smallest absolute Gasteiger partial charge is 0.373 e. The van der Waals surface area contributed by atoms with Gasteiger partial charge in [0, 0.05) is 19.8 Å². The van der Waals surface area contributed by atoms with Crippen molar-refractivity contribution in [3.8, 4) is 0 Å². The molecule has 0 N–H and O–H groups in total. The summed E-state index contributed by atoms with van der Waals surface area (Å²) >= 11 is 0. The Balaban J connectivity index is 3.14. The highest BCUT2D eigenvalue weighted by molar-refractivity contribution is 6.63. The molecule has 0 saturated carbocycles. The molecule has 0 amide bonds. The predicted molar refractivity (Wildman–Crippen MR) is 80.0 cm³/mol. The molecular weight excluding hydrogens is 256 g/mol. The van der Waals surface area contributed by atoms with E-state index in [0.29, 0.717) is 19.8 Å². The minimum atomic E-state index is -2.78. The Morgan fingerprint density at radius 1 is 1.00 bits per heavy atom. The van der Waals surface area contributed by atoms with Crippen LogP contribution >= 0.6 is 0 Å². The van der Waals surface area contributed by atoms with Crippen molar-refractivity contribution in [3.63, 3.8) is 0 Å². The Hall–Kier alpha value is -0.943. The molecule has 1 aromatic rings. The van der Waals surface area contributed by atoms with Gasteiger partial charge < -0.3 is 13.3 Å². The van der Waals surface area contributed by atoms with Crippen LogP contribution in [0.1, 0.15) is 31.9 Å². The van der Waals surface area contributed by atoms with Crippen molar-refractivity contribution in [3.05, 3.63) is 48.6 Å². The van der Waals surface area contributed by atoms with E-state index in [0.717, 1.165) is 5.56 Å². The highest BCUT2D eigenvalue weighted by atomic mass is 28.4. The highest BCUT2D eigenvalue weighted by Crippen LogP contribution is 2.31. The van der Waals surface area contributed by atoms with Gasteiger partial charge in [0.25, 0.3) is 0 Å². The van der Waals surface area contributed by atoms with Crippen LogP contribution in [0.15, 0.2) is 43.0 Å². The third kappa shape index (κ3) is 4.01.